The third-order valence-electron chi connectivity index (χ3n) is 0.648. The fourth-order valence-electron chi connectivity index (χ4n) is 0.378. The molecule has 0 saturated heterocycles. The Kier molecular flexibility index (Phi) is 0.754. The van der Waals surface area contributed by atoms with Crippen LogP contribution in [0.5, 0.6) is 0 Å². The Bertz CT molecular complexity index is 208. The van der Waals surface area contributed by atoms with Gasteiger partial charge >= 0.3 is 0 Å². The molecule has 0 spiro atoms. The van der Waals surface area contributed by atoms with E-state index in [4.69, 9.17) is 4.42 Å². The first-order valence-electron chi connectivity index (χ1n) is 1.94. The number of furan rings is 1. The number of hydrogen-bond donors (Lipinski definition) is 0. The molecule has 1 aromatic rings. The summed E-state index contributed by atoms with van der Waals surface area (Å²) in [6.07, 6.45) is 0. The minimum absolute atomic E-state index is 0.546. The maximum absolute atomic E-state index is 4.81. The Morgan fingerprint density at radius 1 is 1.57 bits per heavy atom. The summed E-state index contributed by atoms with van der Waals surface area (Å²) < 4.78 is 4.81. The van der Waals surface area contributed by atoms with Gasteiger partial charge in [0.1, 0.15) is 10.8 Å². The van der Waals surface area contributed by atoms with E-state index in [9.17, 15) is 0 Å². The van der Waals surface area contributed by atoms with Gasteiger partial charge < -0.3 is 4.42 Å². The van der Waals surface area contributed by atoms with Crippen molar-refractivity contribution in [3.05, 3.63) is 23.0 Å². The molecule has 0 aromatic carbocycles. The van der Waals surface area contributed by atoms with Crippen molar-refractivity contribution in [3.63, 3.8) is 0 Å². The third kappa shape index (κ3) is 0.712. The van der Waals surface area contributed by atoms with Crippen LogP contribution in [0.25, 0.3) is 13.2 Å². The van der Waals surface area contributed by atoms with Crippen LogP contribution in [0.3, 0.4) is 0 Å². The summed E-state index contributed by atoms with van der Waals surface area (Å²) in [5.41, 5.74) is 1.16. The van der Waals surface area contributed by atoms with E-state index in [1.54, 1.807) is 6.07 Å². The topological polar surface area (TPSA) is 13.1 Å². The molecule has 0 aliphatic heterocycles. The van der Waals surface area contributed by atoms with Gasteiger partial charge in [0.2, 0.25) is 0 Å². The lowest BCUT2D eigenvalue weighted by Gasteiger charge is -1.62. The van der Waals surface area contributed by atoms with Crippen LogP contribution in [0.15, 0.2) is 10.5 Å². The lowest BCUT2D eigenvalue weighted by molar-refractivity contribution is 0.504. The molecule has 1 rings (SSSR count). The predicted octanol–water partition coefficient (Wildman–Crippen LogP) is -0.0996. The highest BCUT2D eigenvalue weighted by Gasteiger charge is 1.74. The van der Waals surface area contributed by atoms with Crippen molar-refractivity contribution in [1.82, 2.24) is 0 Å². The molecule has 0 N–H and O–H groups in total. The molecule has 0 aliphatic carbocycles. The lowest BCUT2D eigenvalue weighted by atomic mass is 10.6. The maximum Gasteiger partial charge on any atom is 0.128 e. The zero-order chi connectivity index (χ0) is 5.28. The Hall–Kier alpha value is -0.980. The molecule has 0 unspecified atom stereocenters. The quantitative estimate of drug-likeness (QED) is 0.436. The molecule has 7 heavy (non-hydrogen) atoms. The van der Waals surface area contributed by atoms with Crippen molar-refractivity contribution in [2.24, 2.45) is 0 Å². The smallest absolute Gasteiger partial charge is 0.128 e. The van der Waals surface area contributed by atoms with Crippen molar-refractivity contribution in [3.8, 4) is 0 Å². The highest BCUT2D eigenvalue weighted by molar-refractivity contribution is 4.99. The van der Waals surface area contributed by atoms with E-state index in [0.29, 0.717) is 10.8 Å². The largest absolute Gasteiger partial charge is 0.458 e. The van der Waals surface area contributed by atoms with Crippen molar-refractivity contribution >= 4 is 13.2 Å². The zero-order valence-corrected chi connectivity index (χ0v) is 3.90. The van der Waals surface area contributed by atoms with Crippen LogP contribution in [-0.4, -0.2) is 0 Å². The van der Waals surface area contributed by atoms with Gasteiger partial charge in [-0.15, -0.1) is 0 Å². The Balaban J connectivity index is 3.59. The molecule has 0 fully saturated rings. The van der Waals surface area contributed by atoms with Gasteiger partial charge in [-0.3, -0.25) is 0 Å². The monoisotopic (exact) mass is 93.0 g/mol. The first-order chi connectivity index (χ1) is 3.29. The van der Waals surface area contributed by atoms with Crippen LogP contribution in [0.1, 0.15) is 0 Å². The van der Waals surface area contributed by atoms with E-state index in [1.807, 2.05) is 0 Å². The average molecular weight is 93.1 g/mol. The van der Waals surface area contributed by atoms with E-state index < -0.39 is 0 Å². The van der Waals surface area contributed by atoms with Gasteiger partial charge in [-0.1, -0.05) is 13.2 Å². The molecular weight excluding hydrogens is 88.1 g/mol. The standard InChI is InChI=1S/C6H5O/c1-5-3-4-6(2)7-5/h3H,1-2H2. The summed E-state index contributed by atoms with van der Waals surface area (Å²) >= 11 is 0. The van der Waals surface area contributed by atoms with Crippen molar-refractivity contribution < 1.29 is 4.42 Å². The first kappa shape index (κ1) is 4.19. The van der Waals surface area contributed by atoms with E-state index in [0.717, 1.165) is 0 Å². The van der Waals surface area contributed by atoms with Crippen LogP contribution in [-0.2, 0) is 0 Å². The van der Waals surface area contributed by atoms with Crippen LogP contribution in [0, 0.1) is 6.07 Å². The highest BCUT2D eigenvalue weighted by atomic mass is 16.3. The lowest BCUT2D eigenvalue weighted by Crippen LogP contribution is -1.92. The van der Waals surface area contributed by atoms with Crippen molar-refractivity contribution in [1.29, 1.82) is 0 Å². The summed E-state index contributed by atoms with van der Waals surface area (Å²) in [5.74, 6) is 0. The van der Waals surface area contributed by atoms with Gasteiger partial charge in [0.25, 0.3) is 0 Å². The van der Waals surface area contributed by atoms with Crippen LogP contribution < -0.4 is 10.8 Å². The Morgan fingerprint density at radius 2 is 2.29 bits per heavy atom. The summed E-state index contributed by atoms with van der Waals surface area (Å²) in [6.45, 7) is 6.98. The molecule has 0 amide bonds. The fraction of sp³-hybridized carbons (Fsp3) is 0. The molecule has 0 atom stereocenters. The van der Waals surface area contributed by atoms with Gasteiger partial charge in [-0.2, -0.15) is 0 Å². The van der Waals surface area contributed by atoms with E-state index >= 15 is 0 Å². The fourth-order valence-corrected chi connectivity index (χ4v) is 0.378. The van der Waals surface area contributed by atoms with E-state index in [-0.39, 0.29) is 0 Å². The molecule has 1 aromatic heterocycles. The minimum atomic E-state index is 0.546. The summed E-state index contributed by atoms with van der Waals surface area (Å²) in [6, 6.07) is 4.38. The predicted molar refractivity (Wildman–Crippen MR) is 27.8 cm³/mol. The van der Waals surface area contributed by atoms with Crippen LogP contribution >= 0.6 is 0 Å². The SMILES string of the molecule is C=c1[c]cc(=C)o1. The first-order valence-corrected chi connectivity index (χ1v) is 1.94. The maximum atomic E-state index is 4.81. The number of rotatable bonds is 0. The van der Waals surface area contributed by atoms with Gasteiger partial charge in [0.05, 0.1) is 0 Å². The highest BCUT2D eigenvalue weighted by Crippen LogP contribution is 1.57. The zero-order valence-electron chi connectivity index (χ0n) is 3.90. The van der Waals surface area contributed by atoms with Gasteiger partial charge in [-0.25, -0.2) is 0 Å². The third-order valence-corrected chi connectivity index (χ3v) is 0.648. The summed E-state index contributed by atoms with van der Waals surface area (Å²) in [7, 11) is 0. The van der Waals surface area contributed by atoms with E-state index in [1.165, 1.54) is 0 Å². The van der Waals surface area contributed by atoms with Gasteiger partial charge in [0.15, 0.2) is 0 Å². The van der Waals surface area contributed by atoms with Gasteiger partial charge in [-0.05, 0) is 6.07 Å². The normalized spacial score (nSPS) is 9.14. The second-order valence-corrected chi connectivity index (χ2v) is 1.28. The average Bonchev–Trinajstić information content (AvgIpc) is 1.87. The summed E-state index contributed by atoms with van der Waals surface area (Å²) in [5, 5.41) is 0. The molecule has 0 aliphatic rings. The molecule has 1 radical (unpaired) electrons. The molecule has 35 valence electrons. The van der Waals surface area contributed by atoms with E-state index in [2.05, 4.69) is 19.2 Å². The Labute approximate surface area is 41.6 Å². The van der Waals surface area contributed by atoms with Crippen molar-refractivity contribution in [2.75, 3.05) is 0 Å². The van der Waals surface area contributed by atoms with Crippen LogP contribution in [0.2, 0.25) is 0 Å². The van der Waals surface area contributed by atoms with Crippen molar-refractivity contribution in [2.45, 2.75) is 0 Å². The molecule has 0 saturated carbocycles. The molecule has 1 heteroatoms. The minimum Gasteiger partial charge on any atom is -0.458 e. The summed E-state index contributed by atoms with van der Waals surface area (Å²) in [4.78, 5) is 0. The number of hydrogen-bond acceptors (Lipinski definition) is 1. The Morgan fingerprint density at radius 3 is 2.43 bits per heavy atom. The second-order valence-electron chi connectivity index (χ2n) is 1.28. The second kappa shape index (κ2) is 1.26. The van der Waals surface area contributed by atoms with Gasteiger partial charge in [0, 0.05) is 6.07 Å². The van der Waals surface area contributed by atoms with Crippen LogP contribution in [0.4, 0.5) is 0 Å². The molecule has 1 heterocycles. The molecule has 0 bridgehead atoms. The molecule has 1 nitrogen and oxygen atoms in total. The molecular formula is C6H5O.